The molecule has 0 aliphatic carbocycles. The third-order valence-corrected chi connectivity index (χ3v) is 2.38. The zero-order valence-corrected chi connectivity index (χ0v) is 9.08. The summed E-state index contributed by atoms with van der Waals surface area (Å²) in [7, 11) is 0. The van der Waals surface area contributed by atoms with Crippen LogP contribution in [-0.4, -0.2) is 12.5 Å². The van der Waals surface area contributed by atoms with Gasteiger partial charge in [-0.3, -0.25) is 0 Å². The predicted octanol–water partition coefficient (Wildman–Crippen LogP) is 0.0281. The van der Waals surface area contributed by atoms with Crippen molar-refractivity contribution in [1.82, 2.24) is 21.9 Å². The third kappa shape index (κ3) is 3.09. The molecule has 2 rings (SSSR count). The van der Waals surface area contributed by atoms with Gasteiger partial charge in [-0.05, 0) is 6.07 Å². The average molecular weight is 263 g/mol. The summed E-state index contributed by atoms with van der Waals surface area (Å²) < 4.78 is 40.7. The zero-order chi connectivity index (χ0) is 13.2. The monoisotopic (exact) mass is 263 g/mol. The van der Waals surface area contributed by atoms with E-state index in [0.29, 0.717) is 0 Å². The van der Waals surface area contributed by atoms with Crippen molar-refractivity contribution in [2.24, 2.45) is 5.73 Å². The van der Waals surface area contributed by atoms with E-state index in [0.717, 1.165) is 0 Å². The summed E-state index contributed by atoms with van der Waals surface area (Å²) in [5, 5.41) is 0. The molecule has 0 aromatic heterocycles. The molecule has 0 spiro atoms. The predicted molar refractivity (Wildman–Crippen MR) is 56.4 cm³/mol. The van der Waals surface area contributed by atoms with E-state index in [9.17, 15) is 13.2 Å². The Morgan fingerprint density at radius 1 is 1.17 bits per heavy atom. The fraction of sp³-hybridized carbons (Fsp3) is 0.333. The smallest absolute Gasteiger partial charge is 0.405 e. The standard InChI is InChI=1S/C9H12F3N5O/c10-9(11,12)18-6-4-2-1-3-5(6)7(13)8-14-16-17-15-8/h1-4,7-8,14-17H,13H2. The Morgan fingerprint density at radius 2 is 1.78 bits per heavy atom. The number of nitrogens with two attached hydrogens (primary N) is 1. The molecule has 1 aliphatic rings. The fourth-order valence-electron chi connectivity index (χ4n) is 1.60. The van der Waals surface area contributed by atoms with Gasteiger partial charge in [0.05, 0.1) is 6.04 Å². The van der Waals surface area contributed by atoms with Crippen LogP contribution in [0.3, 0.4) is 0 Å². The van der Waals surface area contributed by atoms with Crippen LogP contribution in [-0.2, 0) is 0 Å². The highest BCUT2D eigenvalue weighted by molar-refractivity contribution is 5.36. The van der Waals surface area contributed by atoms with Crippen LogP contribution in [0.4, 0.5) is 13.2 Å². The maximum atomic E-state index is 12.2. The molecule has 0 bridgehead atoms. The number of rotatable bonds is 3. The molecule has 1 fully saturated rings. The van der Waals surface area contributed by atoms with Crippen molar-refractivity contribution in [3.05, 3.63) is 29.8 Å². The molecule has 1 aromatic rings. The molecule has 6 N–H and O–H groups in total. The highest BCUT2D eigenvalue weighted by Crippen LogP contribution is 2.30. The lowest BCUT2D eigenvalue weighted by Gasteiger charge is -2.21. The molecule has 1 aliphatic heterocycles. The van der Waals surface area contributed by atoms with Crippen molar-refractivity contribution < 1.29 is 17.9 Å². The molecule has 0 saturated carbocycles. The van der Waals surface area contributed by atoms with Crippen molar-refractivity contribution in [2.75, 3.05) is 0 Å². The van der Waals surface area contributed by atoms with Crippen molar-refractivity contribution in [2.45, 2.75) is 18.6 Å². The lowest BCUT2D eigenvalue weighted by molar-refractivity contribution is -0.275. The Kier molecular flexibility index (Phi) is 3.68. The Labute approximate surface area is 101 Å². The van der Waals surface area contributed by atoms with Crippen LogP contribution < -0.4 is 32.4 Å². The van der Waals surface area contributed by atoms with Crippen LogP contribution in [0.1, 0.15) is 11.6 Å². The number of para-hydroxylation sites is 1. The van der Waals surface area contributed by atoms with Gasteiger partial charge in [0.1, 0.15) is 11.9 Å². The number of benzene rings is 1. The summed E-state index contributed by atoms with van der Waals surface area (Å²) in [6.07, 6.45) is -5.22. The van der Waals surface area contributed by atoms with Gasteiger partial charge >= 0.3 is 6.36 Å². The molecule has 1 unspecified atom stereocenters. The number of nitrogens with one attached hydrogen (secondary N) is 4. The van der Waals surface area contributed by atoms with E-state index >= 15 is 0 Å². The molecule has 1 atom stereocenters. The second-order valence-corrected chi connectivity index (χ2v) is 3.63. The number of halogens is 3. The summed E-state index contributed by atoms with van der Waals surface area (Å²) in [5.41, 5.74) is 16.6. The molecule has 0 amide bonds. The second-order valence-electron chi connectivity index (χ2n) is 3.63. The number of hydrazine groups is 3. The SMILES string of the molecule is NC(c1ccccc1OC(F)(F)F)C1NNNN1. The van der Waals surface area contributed by atoms with Gasteiger partial charge in [0, 0.05) is 5.56 Å². The van der Waals surface area contributed by atoms with E-state index in [2.05, 4.69) is 26.7 Å². The first-order valence-corrected chi connectivity index (χ1v) is 5.09. The van der Waals surface area contributed by atoms with Crippen LogP contribution in [0.25, 0.3) is 0 Å². The molecular formula is C9H12F3N5O. The summed E-state index contributed by atoms with van der Waals surface area (Å²) in [6, 6.07) is 5.01. The number of hydrogen-bond acceptors (Lipinski definition) is 6. The lowest BCUT2D eigenvalue weighted by atomic mass is 10.0. The normalized spacial score (nSPS) is 18.9. The van der Waals surface area contributed by atoms with Crippen LogP contribution in [0.5, 0.6) is 5.75 Å². The van der Waals surface area contributed by atoms with Crippen molar-refractivity contribution in [3.63, 3.8) is 0 Å². The van der Waals surface area contributed by atoms with E-state index in [4.69, 9.17) is 5.73 Å². The molecular weight excluding hydrogens is 251 g/mol. The molecule has 100 valence electrons. The second kappa shape index (κ2) is 5.08. The van der Waals surface area contributed by atoms with E-state index in [1.54, 1.807) is 6.07 Å². The van der Waals surface area contributed by atoms with Gasteiger partial charge in [-0.1, -0.05) is 18.2 Å². The number of ether oxygens (including phenoxy) is 1. The van der Waals surface area contributed by atoms with E-state index < -0.39 is 18.6 Å². The summed E-state index contributed by atoms with van der Waals surface area (Å²) >= 11 is 0. The van der Waals surface area contributed by atoms with Gasteiger partial charge in [0.15, 0.2) is 0 Å². The minimum Gasteiger partial charge on any atom is -0.405 e. The topological polar surface area (TPSA) is 83.4 Å². The van der Waals surface area contributed by atoms with Gasteiger partial charge in [-0.25, -0.2) is 10.9 Å². The molecule has 18 heavy (non-hydrogen) atoms. The van der Waals surface area contributed by atoms with Crippen LogP contribution in [0.2, 0.25) is 0 Å². The minimum absolute atomic E-state index is 0.241. The third-order valence-electron chi connectivity index (χ3n) is 2.38. The average Bonchev–Trinajstić information content (AvgIpc) is 2.80. The van der Waals surface area contributed by atoms with Crippen LogP contribution in [0.15, 0.2) is 24.3 Å². The highest BCUT2D eigenvalue weighted by atomic mass is 19.4. The molecule has 1 aromatic carbocycles. The Balaban J connectivity index is 2.20. The molecule has 1 saturated heterocycles. The summed E-state index contributed by atoms with van der Waals surface area (Å²) in [4.78, 5) is 0. The Morgan fingerprint density at radius 3 is 2.39 bits per heavy atom. The minimum atomic E-state index is -4.75. The van der Waals surface area contributed by atoms with Crippen molar-refractivity contribution >= 4 is 0 Å². The largest absolute Gasteiger partial charge is 0.573 e. The first-order chi connectivity index (χ1) is 8.47. The highest BCUT2D eigenvalue weighted by Gasteiger charge is 2.33. The van der Waals surface area contributed by atoms with Gasteiger partial charge in [0.25, 0.3) is 0 Å². The lowest BCUT2D eigenvalue weighted by Crippen LogP contribution is -2.43. The Bertz CT molecular complexity index is 407. The maximum absolute atomic E-state index is 12.2. The Hall–Kier alpha value is -1.39. The number of hydrogen-bond donors (Lipinski definition) is 5. The van der Waals surface area contributed by atoms with E-state index in [1.165, 1.54) is 18.2 Å². The summed E-state index contributed by atoms with van der Waals surface area (Å²) in [6.45, 7) is 0. The van der Waals surface area contributed by atoms with Gasteiger partial charge < -0.3 is 10.5 Å². The molecule has 1 heterocycles. The summed E-state index contributed by atoms with van der Waals surface area (Å²) in [5.74, 6) is -0.312. The molecule has 6 nitrogen and oxygen atoms in total. The fourth-order valence-corrected chi connectivity index (χ4v) is 1.60. The van der Waals surface area contributed by atoms with Crippen LogP contribution in [0, 0.1) is 0 Å². The van der Waals surface area contributed by atoms with E-state index in [-0.39, 0.29) is 11.3 Å². The quantitative estimate of drug-likeness (QED) is 0.529. The van der Waals surface area contributed by atoms with Gasteiger partial charge in [-0.2, -0.15) is 11.1 Å². The molecule has 0 radical (unpaired) electrons. The van der Waals surface area contributed by atoms with Gasteiger partial charge in [-0.15, -0.1) is 13.2 Å². The van der Waals surface area contributed by atoms with Crippen molar-refractivity contribution in [1.29, 1.82) is 0 Å². The first kappa shape index (κ1) is 13.1. The maximum Gasteiger partial charge on any atom is 0.573 e. The van der Waals surface area contributed by atoms with Crippen molar-refractivity contribution in [3.8, 4) is 5.75 Å². The first-order valence-electron chi connectivity index (χ1n) is 5.09. The van der Waals surface area contributed by atoms with E-state index in [1.807, 2.05) is 0 Å². The van der Waals surface area contributed by atoms with Gasteiger partial charge in [0.2, 0.25) is 0 Å². The van der Waals surface area contributed by atoms with Crippen LogP contribution >= 0.6 is 0 Å². The number of alkyl halides is 3. The molecule has 9 heteroatoms. The zero-order valence-electron chi connectivity index (χ0n) is 9.08.